The Morgan fingerprint density at radius 1 is 0.778 bits per heavy atom. The third-order valence-corrected chi connectivity index (χ3v) is 3.80. The summed E-state index contributed by atoms with van der Waals surface area (Å²) < 4.78 is 27.3. The summed E-state index contributed by atoms with van der Waals surface area (Å²) in [7, 11) is -1.01. The van der Waals surface area contributed by atoms with Gasteiger partial charge in [0.05, 0.1) is 0 Å². The van der Waals surface area contributed by atoms with Crippen LogP contribution in [0.15, 0.2) is 60.7 Å². The number of hydrogen-bond donors (Lipinski definition) is 0. The van der Waals surface area contributed by atoms with Crippen LogP contribution in [-0.4, -0.2) is 10.5 Å². The lowest BCUT2D eigenvalue weighted by Crippen LogP contribution is -2.03. The number of para-hydroxylation sites is 2. The first-order valence-electron chi connectivity index (χ1n) is 5.16. The average Bonchev–Trinajstić information content (AvgIpc) is 2.41. The maximum absolute atomic E-state index is 12.2. The molecule has 4 nitrogen and oxygen atoms in total. The van der Waals surface area contributed by atoms with Gasteiger partial charge in [-0.2, -0.15) is 0 Å². The van der Waals surface area contributed by atoms with Crippen LogP contribution in [0, 0.1) is 0 Å². The van der Waals surface area contributed by atoms with Crippen LogP contribution < -0.4 is 9.05 Å². The molecule has 0 amide bonds. The van der Waals surface area contributed by atoms with Gasteiger partial charge in [0.2, 0.25) is 0 Å². The van der Waals surface area contributed by atoms with Crippen molar-refractivity contribution >= 4 is 18.3 Å². The van der Waals surface area contributed by atoms with Crippen molar-refractivity contribution in [3.8, 4) is 11.5 Å². The van der Waals surface area contributed by atoms with Gasteiger partial charge in [-0.1, -0.05) is 36.4 Å². The molecule has 0 saturated carbocycles. The molecule has 3 radical (unpaired) electrons. The molecule has 0 bridgehead atoms. The SMILES string of the molecule is O=P(O[Si])(Oc1ccccc1)Oc1ccccc1. The summed E-state index contributed by atoms with van der Waals surface area (Å²) in [5, 5.41) is 0. The second kappa shape index (κ2) is 5.86. The summed E-state index contributed by atoms with van der Waals surface area (Å²) in [5.74, 6) is 0.796. The van der Waals surface area contributed by atoms with Gasteiger partial charge in [-0.25, -0.2) is 4.57 Å². The minimum atomic E-state index is -3.73. The third-order valence-electron chi connectivity index (χ3n) is 2.03. The summed E-state index contributed by atoms with van der Waals surface area (Å²) in [5.41, 5.74) is 0. The molecule has 0 aliphatic carbocycles. The Labute approximate surface area is 109 Å². The zero-order valence-electron chi connectivity index (χ0n) is 9.35. The van der Waals surface area contributed by atoms with Gasteiger partial charge >= 0.3 is 7.82 Å². The Hall–Kier alpha value is -1.55. The predicted octanol–water partition coefficient (Wildman–Crippen LogP) is 3.35. The Morgan fingerprint density at radius 3 is 1.50 bits per heavy atom. The smallest absolute Gasteiger partial charge is 0.396 e. The molecule has 0 fully saturated rings. The molecule has 0 aromatic heterocycles. The molecule has 0 atom stereocenters. The molecular weight excluding hydrogens is 267 g/mol. The lowest BCUT2D eigenvalue weighted by molar-refractivity contribution is 0.307. The molecule has 2 rings (SSSR count). The van der Waals surface area contributed by atoms with Crippen molar-refractivity contribution in [1.82, 2.24) is 0 Å². The van der Waals surface area contributed by atoms with E-state index in [1.807, 2.05) is 12.1 Å². The quantitative estimate of drug-likeness (QED) is 0.621. The molecule has 0 aliphatic heterocycles. The van der Waals surface area contributed by atoms with Crippen molar-refractivity contribution in [2.75, 3.05) is 0 Å². The van der Waals surface area contributed by atoms with Crippen LogP contribution in [0.2, 0.25) is 0 Å². The van der Waals surface area contributed by atoms with Gasteiger partial charge in [0, 0.05) is 0 Å². The lowest BCUT2D eigenvalue weighted by Gasteiger charge is -2.17. The minimum Gasteiger partial charge on any atom is -0.396 e. The second-order valence-electron chi connectivity index (χ2n) is 3.35. The van der Waals surface area contributed by atoms with Crippen molar-refractivity contribution in [2.24, 2.45) is 0 Å². The first kappa shape index (κ1) is 12.9. The number of benzene rings is 2. The first-order chi connectivity index (χ1) is 8.72. The molecule has 0 saturated heterocycles. The van der Waals surface area contributed by atoms with E-state index in [9.17, 15) is 4.57 Å². The van der Waals surface area contributed by atoms with E-state index in [4.69, 9.17) is 9.05 Å². The van der Waals surface area contributed by atoms with Crippen LogP contribution in [0.25, 0.3) is 0 Å². The van der Waals surface area contributed by atoms with Crippen molar-refractivity contribution in [3.63, 3.8) is 0 Å². The fraction of sp³-hybridized carbons (Fsp3) is 0. The van der Waals surface area contributed by atoms with Crippen molar-refractivity contribution < 1.29 is 17.8 Å². The van der Waals surface area contributed by atoms with Crippen molar-refractivity contribution in [3.05, 3.63) is 60.7 Å². The highest BCUT2D eigenvalue weighted by atomic mass is 31.2. The van der Waals surface area contributed by atoms with Crippen LogP contribution in [0.5, 0.6) is 11.5 Å². The van der Waals surface area contributed by atoms with Gasteiger partial charge in [0.1, 0.15) is 11.5 Å². The normalized spacial score (nSPS) is 10.9. The van der Waals surface area contributed by atoms with Gasteiger partial charge in [-0.05, 0) is 24.3 Å². The summed E-state index contributed by atoms with van der Waals surface area (Å²) >= 11 is 0. The van der Waals surface area contributed by atoms with Crippen LogP contribution in [0.4, 0.5) is 0 Å². The number of phosphoric acid groups is 1. The van der Waals surface area contributed by atoms with E-state index in [-0.39, 0.29) is 0 Å². The largest absolute Gasteiger partial charge is 0.576 e. The Morgan fingerprint density at radius 2 is 1.17 bits per heavy atom. The first-order valence-corrected chi connectivity index (χ1v) is 7.03. The summed E-state index contributed by atoms with van der Waals surface area (Å²) in [6.45, 7) is 0. The van der Waals surface area contributed by atoms with Gasteiger partial charge in [-0.15, -0.1) is 0 Å². The summed E-state index contributed by atoms with van der Waals surface area (Å²) in [4.78, 5) is 0. The van der Waals surface area contributed by atoms with Crippen LogP contribution >= 0.6 is 7.82 Å². The molecule has 2 aromatic carbocycles. The highest BCUT2D eigenvalue weighted by Crippen LogP contribution is 2.48. The lowest BCUT2D eigenvalue weighted by atomic mass is 10.3. The van der Waals surface area contributed by atoms with E-state index in [2.05, 4.69) is 14.7 Å². The number of rotatable bonds is 5. The van der Waals surface area contributed by atoms with E-state index in [0.717, 1.165) is 0 Å². The monoisotopic (exact) mass is 277 g/mol. The van der Waals surface area contributed by atoms with Crippen LogP contribution in [0.3, 0.4) is 0 Å². The van der Waals surface area contributed by atoms with E-state index >= 15 is 0 Å². The Bertz CT molecular complexity index is 487. The Kier molecular flexibility index (Phi) is 4.20. The highest BCUT2D eigenvalue weighted by molar-refractivity contribution is 7.50. The fourth-order valence-electron chi connectivity index (χ4n) is 1.28. The molecule has 18 heavy (non-hydrogen) atoms. The van der Waals surface area contributed by atoms with E-state index in [0.29, 0.717) is 11.5 Å². The average molecular weight is 277 g/mol. The molecule has 0 spiro atoms. The van der Waals surface area contributed by atoms with Crippen molar-refractivity contribution in [2.45, 2.75) is 0 Å². The maximum Gasteiger partial charge on any atom is 0.576 e. The molecule has 91 valence electrons. The summed E-state index contributed by atoms with van der Waals surface area (Å²) in [6.07, 6.45) is 0. The van der Waals surface area contributed by atoms with E-state index in [1.54, 1.807) is 48.5 Å². The minimum absolute atomic E-state index is 0.398. The standard InChI is InChI=1S/C12H10O4PSi/c13-17(16-18,14-11-7-3-1-4-8-11)15-12-9-5-2-6-10-12/h1-10H. The molecule has 0 aliphatic rings. The predicted molar refractivity (Wildman–Crippen MR) is 68.6 cm³/mol. The highest BCUT2D eigenvalue weighted by Gasteiger charge is 2.28. The summed E-state index contributed by atoms with van der Waals surface area (Å²) in [6, 6.07) is 17.3. The topological polar surface area (TPSA) is 44.8 Å². The molecular formula is C12H10O4PSi. The molecule has 0 heterocycles. The molecule has 6 heteroatoms. The number of hydrogen-bond acceptors (Lipinski definition) is 4. The van der Waals surface area contributed by atoms with Crippen LogP contribution in [-0.2, 0) is 8.78 Å². The zero-order valence-corrected chi connectivity index (χ0v) is 11.2. The second-order valence-corrected chi connectivity index (χ2v) is 5.34. The van der Waals surface area contributed by atoms with Gasteiger partial charge in [0.25, 0.3) is 10.5 Å². The maximum atomic E-state index is 12.2. The van der Waals surface area contributed by atoms with Gasteiger partial charge < -0.3 is 13.3 Å². The van der Waals surface area contributed by atoms with Gasteiger partial charge in [-0.3, -0.25) is 0 Å². The Balaban J connectivity index is 2.14. The van der Waals surface area contributed by atoms with E-state index in [1.165, 1.54) is 0 Å². The zero-order chi connectivity index (χ0) is 12.8. The van der Waals surface area contributed by atoms with Crippen LogP contribution in [0.1, 0.15) is 0 Å². The third kappa shape index (κ3) is 3.47. The van der Waals surface area contributed by atoms with Gasteiger partial charge in [0.15, 0.2) is 0 Å². The molecule has 0 N–H and O–H groups in total. The molecule has 2 aromatic rings. The van der Waals surface area contributed by atoms with E-state index < -0.39 is 7.82 Å². The number of phosphoric ester groups is 1. The fourth-order valence-corrected chi connectivity index (χ4v) is 2.37. The van der Waals surface area contributed by atoms with Crippen molar-refractivity contribution in [1.29, 1.82) is 0 Å². The molecule has 0 unspecified atom stereocenters.